The van der Waals surface area contributed by atoms with E-state index in [1.165, 1.54) is 0 Å². The molecule has 3 rings (SSSR count). The average Bonchev–Trinajstić information content (AvgIpc) is 2.72. The molecule has 0 radical (unpaired) electrons. The van der Waals surface area contributed by atoms with Crippen LogP contribution in [0.25, 0.3) is 0 Å². The van der Waals surface area contributed by atoms with Crippen molar-refractivity contribution in [3.05, 3.63) is 71.8 Å². The molecule has 150 valence electrons. The molecule has 2 atom stereocenters. The molecule has 0 unspecified atom stereocenters. The van der Waals surface area contributed by atoms with Gasteiger partial charge >= 0.3 is 0 Å². The number of carbonyl (C=O) groups excluding carboxylic acids is 1. The van der Waals surface area contributed by atoms with Gasteiger partial charge in [0.25, 0.3) is 0 Å². The van der Waals surface area contributed by atoms with E-state index in [0.717, 1.165) is 17.5 Å². The van der Waals surface area contributed by atoms with Crippen LogP contribution >= 0.6 is 0 Å². The predicted molar refractivity (Wildman–Crippen MR) is 110 cm³/mol. The van der Waals surface area contributed by atoms with Crippen LogP contribution in [0.5, 0.6) is 0 Å². The van der Waals surface area contributed by atoms with Gasteiger partial charge < -0.3 is 14.4 Å². The van der Waals surface area contributed by atoms with E-state index in [1.807, 2.05) is 55.1 Å². The Morgan fingerprint density at radius 1 is 0.929 bits per heavy atom. The van der Waals surface area contributed by atoms with Crippen LogP contribution in [0.1, 0.15) is 38.3 Å². The lowest BCUT2D eigenvalue weighted by atomic mass is 9.68. The highest BCUT2D eigenvalue weighted by Crippen LogP contribution is 2.49. The molecule has 4 heteroatoms. The van der Waals surface area contributed by atoms with Crippen LogP contribution in [0.2, 0.25) is 0 Å². The van der Waals surface area contributed by atoms with E-state index >= 15 is 0 Å². The largest absolute Gasteiger partial charge is 0.349 e. The summed E-state index contributed by atoms with van der Waals surface area (Å²) in [7, 11) is 0. The molecule has 0 heterocycles. The van der Waals surface area contributed by atoms with Gasteiger partial charge in [0.05, 0.1) is 5.92 Å². The lowest BCUT2D eigenvalue weighted by Crippen LogP contribution is -2.63. The number of amides is 1. The number of carbonyl (C=O) groups is 1. The van der Waals surface area contributed by atoms with E-state index < -0.39 is 5.79 Å². The van der Waals surface area contributed by atoms with Gasteiger partial charge in [-0.05, 0) is 31.4 Å². The van der Waals surface area contributed by atoms with Crippen LogP contribution in [0.15, 0.2) is 60.7 Å². The second-order valence-corrected chi connectivity index (χ2v) is 7.44. The SMILES string of the molecule is CCOC1(OCC)[C@@H](C)C[C@H]1C(=O)N(Cc1ccccc1)Cc1ccccc1. The summed E-state index contributed by atoms with van der Waals surface area (Å²) >= 11 is 0. The Hall–Kier alpha value is -2.17. The summed E-state index contributed by atoms with van der Waals surface area (Å²) in [5, 5.41) is 0. The van der Waals surface area contributed by atoms with Crippen molar-refractivity contribution in [1.29, 1.82) is 0 Å². The number of hydrogen-bond donors (Lipinski definition) is 0. The fraction of sp³-hybridized carbons (Fsp3) is 0.458. The molecule has 1 fully saturated rings. The Morgan fingerprint density at radius 3 is 1.79 bits per heavy atom. The first kappa shape index (κ1) is 20.6. The molecule has 1 aliphatic rings. The monoisotopic (exact) mass is 381 g/mol. The summed E-state index contributed by atoms with van der Waals surface area (Å²) in [6.07, 6.45) is 0.791. The van der Waals surface area contributed by atoms with Crippen molar-refractivity contribution in [1.82, 2.24) is 4.90 Å². The maximum absolute atomic E-state index is 13.6. The quantitative estimate of drug-likeness (QED) is 0.594. The molecule has 0 N–H and O–H groups in total. The smallest absolute Gasteiger partial charge is 0.231 e. The van der Waals surface area contributed by atoms with E-state index in [9.17, 15) is 4.79 Å². The molecule has 2 aromatic carbocycles. The molecule has 0 spiro atoms. The topological polar surface area (TPSA) is 38.8 Å². The molecule has 0 aromatic heterocycles. The predicted octanol–water partition coefficient (Wildman–Crippen LogP) is 4.64. The van der Waals surface area contributed by atoms with Crippen LogP contribution in [-0.2, 0) is 27.4 Å². The van der Waals surface area contributed by atoms with E-state index in [4.69, 9.17) is 9.47 Å². The zero-order valence-electron chi connectivity index (χ0n) is 17.1. The lowest BCUT2D eigenvalue weighted by Gasteiger charge is -2.53. The molecule has 1 saturated carbocycles. The minimum atomic E-state index is -0.799. The van der Waals surface area contributed by atoms with E-state index in [2.05, 4.69) is 31.2 Å². The van der Waals surface area contributed by atoms with E-state index in [-0.39, 0.29) is 17.7 Å². The van der Waals surface area contributed by atoms with Gasteiger partial charge in [0.2, 0.25) is 5.91 Å². The minimum Gasteiger partial charge on any atom is -0.349 e. The van der Waals surface area contributed by atoms with Gasteiger partial charge in [-0.1, -0.05) is 67.6 Å². The van der Waals surface area contributed by atoms with Crippen molar-refractivity contribution < 1.29 is 14.3 Å². The van der Waals surface area contributed by atoms with Crippen LogP contribution in [-0.4, -0.2) is 29.8 Å². The molecule has 1 aliphatic carbocycles. The lowest BCUT2D eigenvalue weighted by molar-refractivity contribution is -0.331. The molecular weight excluding hydrogens is 350 g/mol. The van der Waals surface area contributed by atoms with Gasteiger partial charge in [0, 0.05) is 32.2 Å². The van der Waals surface area contributed by atoms with Crippen molar-refractivity contribution in [2.24, 2.45) is 11.8 Å². The number of benzene rings is 2. The standard InChI is InChI=1S/C24H31NO3/c1-4-27-24(28-5-2)19(3)16-22(24)23(26)25(17-20-12-8-6-9-13-20)18-21-14-10-7-11-15-21/h6-15,19,22H,4-5,16-18H2,1-3H3/t19-,22-/m0/s1. The Kier molecular flexibility index (Phi) is 6.87. The van der Waals surface area contributed by atoms with Gasteiger partial charge in [-0.3, -0.25) is 4.79 Å². The van der Waals surface area contributed by atoms with Crippen molar-refractivity contribution >= 4 is 5.91 Å². The fourth-order valence-corrected chi connectivity index (χ4v) is 4.16. The first-order chi connectivity index (χ1) is 13.6. The maximum Gasteiger partial charge on any atom is 0.231 e. The van der Waals surface area contributed by atoms with Gasteiger partial charge in [0.1, 0.15) is 0 Å². The Morgan fingerprint density at radius 2 is 1.39 bits per heavy atom. The summed E-state index contributed by atoms with van der Waals surface area (Å²) in [5.74, 6) is -0.758. The zero-order valence-corrected chi connectivity index (χ0v) is 17.1. The van der Waals surface area contributed by atoms with E-state index in [0.29, 0.717) is 26.3 Å². The second kappa shape index (κ2) is 9.35. The Bertz CT molecular complexity index is 699. The molecular formula is C24H31NO3. The fourth-order valence-electron chi connectivity index (χ4n) is 4.16. The normalized spacial score (nSPS) is 20.4. The summed E-state index contributed by atoms with van der Waals surface area (Å²) in [6, 6.07) is 20.3. The maximum atomic E-state index is 13.6. The zero-order chi connectivity index (χ0) is 20.0. The first-order valence-electron chi connectivity index (χ1n) is 10.2. The Labute approximate surface area is 168 Å². The van der Waals surface area contributed by atoms with Gasteiger partial charge in [-0.2, -0.15) is 0 Å². The van der Waals surface area contributed by atoms with Gasteiger partial charge in [-0.25, -0.2) is 0 Å². The highest BCUT2D eigenvalue weighted by Gasteiger charge is 2.59. The van der Waals surface area contributed by atoms with Crippen molar-refractivity contribution in [3.8, 4) is 0 Å². The summed E-state index contributed by atoms with van der Waals surface area (Å²) < 4.78 is 12.1. The van der Waals surface area contributed by atoms with Gasteiger partial charge in [0.15, 0.2) is 5.79 Å². The first-order valence-corrected chi connectivity index (χ1v) is 10.2. The Balaban J connectivity index is 1.85. The molecule has 1 amide bonds. The highest BCUT2D eigenvalue weighted by atomic mass is 16.7. The molecule has 0 aliphatic heterocycles. The summed E-state index contributed by atoms with van der Waals surface area (Å²) in [5.41, 5.74) is 2.25. The van der Waals surface area contributed by atoms with E-state index in [1.54, 1.807) is 0 Å². The third-order valence-corrected chi connectivity index (χ3v) is 5.54. The third-order valence-electron chi connectivity index (χ3n) is 5.54. The van der Waals surface area contributed by atoms with Gasteiger partial charge in [-0.15, -0.1) is 0 Å². The number of ether oxygens (including phenoxy) is 2. The van der Waals surface area contributed by atoms with Crippen molar-refractivity contribution in [3.63, 3.8) is 0 Å². The average molecular weight is 382 g/mol. The molecule has 0 saturated heterocycles. The van der Waals surface area contributed by atoms with Crippen LogP contribution in [0, 0.1) is 11.8 Å². The summed E-state index contributed by atoms with van der Waals surface area (Å²) in [6.45, 7) is 8.24. The van der Waals surface area contributed by atoms with Crippen molar-refractivity contribution in [2.75, 3.05) is 13.2 Å². The number of rotatable bonds is 9. The summed E-state index contributed by atoms with van der Waals surface area (Å²) in [4.78, 5) is 15.5. The third kappa shape index (κ3) is 4.29. The molecule has 2 aromatic rings. The minimum absolute atomic E-state index is 0.104. The number of hydrogen-bond acceptors (Lipinski definition) is 3. The number of nitrogens with zero attached hydrogens (tertiary/aromatic N) is 1. The van der Waals surface area contributed by atoms with Crippen LogP contribution < -0.4 is 0 Å². The van der Waals surface area contributed by atoms with Crippen LogP contribution in [0.3, 0.4) is 0 Å². The molecule has 28 heavy (non-hydrogen) atoms. The van der Waals surface area contributed by atoms with Crippen molar-refractivity contribution in [2.45, 2.75) is 46.1 Å². The molecule has 0 bridgehead atoms. The molecule has 4 nitrogen and oxygen atoms in total. The van der Waals surface area contributed by atoms with Crippen LogP contribution in [0.4, 0.5) is 0 Å². The highest BCUT2D eigenvalue weighted by molar-refractivity contribution is 5.81. The second-order valence-electron chi connectivity index (χ2n) is 7.44.